The number of hydrogen-bond acceptors (Lipinski definition) is 4. The third-order valence-electron chi connectivity index (χ3n) is 3.61. The first-order chi connectivity index (χ1) is 8.63. The molecule has 2 atom stereocenters. The van der Waals surface area contributed by atoms with Crippen molar-refractivity contribution in [1.29, 1.82) is 0 Å². The van der Waals surface area contributed by atoms with Gasteiger partial charge in [0.05, 0.1) is 12.1 Å². The van der Waals surface area contributed by atoms with Gasteiger partial charge in [0.25, 0.3) is 0 Å². The van der Waals surface area contributed by atoms with Crippen molar-refractivity contribution < 1.29 is 18.3 Å². The maximum Gasteiger partial charge on any atom is 0.401 e. The summed E-state index contributed by atoms with van der Waals surface area (Å²) in [5, 5.41) is 9.92. The molecule has 0 aromatic heterocycles. The first-order valence-corrected chi connectivity index (χ1v) is 6.58. The van der Waals surface area contributed by atoms with Gasteiger partial charge in [-0.15, -0.1) is 0 Å². The van der Waals surface area contributed by atoms with E-state index in [1.54, 1.807) is 6.92 Å². The predicted molar refractivity (Wildman–Crippen MR) is 67.8 cm³/mol. The van der Waals surface area contributed by atoms with Gasteiger partial charge in [0.2, 0.25) is 0 Å². The van der Waals surface area contributed by atoms with Gasteiger partial charge in [-0.1, -0.05) is 0 Å². The maximum atomic E-state index is 12.3. The van der Waals surface area contributed by atoms with E-state index in [9.17, 15) is 18.3 Å². The normalized spacial score (nSPS) is 24.2. The Morgan fingerprint density at radius 2 is 1.74 bits per heavy atom. The average molecular weight is 283 g/mol. The van der Waals surface area contributed by atoms with Crippen LogP contribution in [-0.2, 0) is 0 Å². The Morgan fingerprint density at radius 3 is 2.16 bits per heavy atom. The zero-order chi connectivity index (χ0) is 14.7. The Balaban J connectivity index is 2.37. The molecule has 19 heavy (non-hydrogen) atoms. The number of nitrogens with zero attached hydrogens (tertiary/aromatic N) is 2. The second-order valence-electron chi connectivity index (χ2n) is 5.68. The quantitative estimate of drug-likeness (QED) is 0.778. The fraction of sp³-hybridized carbons (Fsp3) is 1.00. The number of aliphatic hydroxyl groups is 1. The molecule has 0 spiro atoms. The summed E-state index contributed by atoms with van der Waals surface area (Å²) < 4.78 is 36.8. The molecule has 1 aliphatic heterocycles. The van der Waals surface area contributed by atoms with E-state index >= 15 is 0 Å². The van der Waals surface area contributed by atoms with Gasteiger partial charge in [-0.3, -0.25) is 9.80 Å². The Kier molecular flexibility index (Phi) is 5.61. The van der Waals surface area contributed by atoms with Crippen LogP contribution in [0.4, 0.5) is 13.2 Å². The number of hydrogen-bond donors (Lipinski definition) is 2. The minimum Gasteiger partial charge on any atom is -0.389 e. The second-order valence-corrected chi connectivity index (χ2v) is 5.68. The topological polar surface area (TPSA) is 52.7 Å². The van der Waals surface area contributed by atoms with Crippen molar-refractivity contribution in [3.8, 4) is 0 Å². The Morgan fingerprint density at radius 1 is 1.21 bits per heavy atom. The van der Waals surface area contributed by atoms with E-state index in [1.165, 1.54) is 4.90 Å². The van der Waals surface area contributed by atoms with Crippen molar-refractivity contribution >= 4 is 0 Å². The molecular formula is C12H24F3N3O. The number of alkyl halides is 3. The fourth-order valence-corrected chi connectivity index (χ4v) is 2.46. The minimum absolute atomic E-state index is 0.117. The fourth-order valence-electron chi connectivity index (χ4n) is 2.46. The van der Waals surface area contributed by atoms with Crippen molar-refractivity contribution in [3.63, 3.8) is 0 Å². The molecule has 0 aromatic rings. The lowest BCUT2D eigenvalue weighted by atomic mass is 9.96. The van der Waals surface area contributed by atoms with E-state index in [-0.39, 0.29) is 12.6 Å². The summed E-state index contributed by atoms with van der Waals surface area (Å²) in [6.45, 7) is 5.02. The molecule has 1 rings (SSSR count). The predicted octanol–water partition coefficient (Wildman–Crippen LogP) is 0.655. The monoisotopic (exact) mass is 283 g/mol. The van der Waals surface area contributed by atoms with E-state index < -0.39 is 18.3 Å². The molecule has 1 aliphatic rings. The SMILES string of the molecule is CC(CC(C)(O)CN)N1CCN(CC(F)(F)F)CC1. The van der Waals surface area contributed by atoms with Gasteiger partial charge in [0.1, 0.15) is 0 Å². The van der Waals surface area contributed by atoms with Crippen LogP contribution in [0.3, 0.4) is 0 Å². The Labute approximate surface area is 112 Å². The number of halogens is 3. The van der Waals surface area contributed by atoms with Crippen LogP contribution in [0.1, 0.15) is 20.3 Å². The average Bonchev–Trinajstić information content (AvgIpc) is 2.27. The van der Waals surface area contributed by atoms with Crippen molar-refractivity contribution in [2.75, 3.05) is 39.3 Å². The molecule has 1 fully saturated rings. The highest BCUT2D eigenvalue weighted by atomic mass is 19.4. The number of piperazine rings is 1. The summed E-state index contributed by atoms with van der Waals surface area (Å²) in [6, 6.07) is 0.117. The Hall–Kier alpha value is -0.370. The molecule has 0 amide bonds. The number of nitrogens with two attached hydrogens (primary N) is 1. The summed E-state index contributed by atoms with van der Waals surface area (Å²) in [6.07, 6.45) is -3.60. The summed E-state index contributed by atoms with van der Waals surface area (Å²) in [4.78, 5) is 3.53. The van der Waals surface area contributed by atoms with Gasteiger partial charge in [0.15, 0.2) is 0 Å². The number of rotatable bonds is 5. The maximum absolute atomic E-state index is 12.3. The minimum atomic E-state index is -4.13. The molecule has 0 radical (unpaired) electrons. The lowest BCUT2D eigenvalue weighted by Gasteiger charge is -2.40. The van der Waals surface area contributed by atoms with Gasteiger partial charge >= 0.3 is 6.18 Å². The zero-order valence-corrected chi connectivity index (χ0v) is 11.6. The van der Waals surface area contributed by atoms with Crippen molar-refractivity contribution in [1.82, 2.24) is 9.80 Å². The summed E-state index contributed by atoms with van der Waals surface area (Å²) >= 11 is 0. The first-order valence-electron chi connectivity index (χ1n) is 6.58. The smallest absolute Gasteiger partial charge is 0.389 e. The summed E-state index contributed by atoms with van der Waals surface area (Å²) in [5.74, 6) is 0. The van der Waals surface area contributed by atoms with Crippen LogP contribution < -0.4 is 5.73 Å². The molecule has 114 valence electrons. The molecule has 1 heterocycles. The van der Waals surface area contributed by atoms with E-state index in [2.05, 4.69) is 4.90 Å². The van der Waals surface area contributed by atoms with Crippen molar-refractivity contribution in [3.05, 3.63) is 0 Å². The van der Waals surface area contributed by atoms with E-state index in [4.69, 9.17) is 5.73 Å². The zero-order valence-electron chi connectivity index (χ0n) is 11.6. The lowest BCUT2D eigenvalue weighted by molar-refractivity contribution is -0.150. The first kappa shape index (κ1) is 16.7. The molecule has 0 saturated carbocycles. The van der Waals surface area contributed by atoms with Crippen LogP contribution in [0.15, 0.2) is 0 Å². The van der Waals surface area contributed by atoms with Crippen molar-refractivity contribution in [2.45, 2.75) is 38.1 Å². The highest BCUT2D eigenvalue weighted by Gasteiger charge is 2.33. The third-order valence-corrected chi connectivity index (χ3v) is 3.61. The van der Waals surface area contributed by atoms with E-state index in [0.29, 0.717) is 32.6 Å². The van der Waals surface area contributed by atoms with Crippen LogP contribution in [0.5, 0.6) is 0 Å². The molecule has 7 heteroatoms. The standard InChI is InChI=1S/C12H24F3N3O/c1-10(7-11(2,19)8-16)18-5-3-17(4-6-18)9-12(13,14)15/h10,19H,3-9,16H2,1-2H3. The van der Waals surface area contributed by atoms with E-state index in [1.807, 2.05) is 6.92 Å². The molecule has 0 aromatic carbocycles. The van der Waals surface area contributed by atoms with Gasteiger partial charge in [-0.2, -0.15) is 13.2 Å². The molecule has 2 unspecified atom stereocenters. The molecule has 4 nitrogen and oxygen atoms in total. The van der Waals surface area contributed by atoms with Crippen LogP contribution in [0.25, 0.3) is 0 Å². The van der Waals surface area contributed by atoms with Gasteiger partial charge in [-0.05, 0) is 20.3 Å². The molecule has 0 aliphatic carbocycles. The van der Waals surface area contributed by atoms with Gasteiger partial charge in [0, 0.05) is 38.8 Å². The highest BCUT2D eigenvalue weighted by molar-refractivity contribution is 4.83. The van der Waals surface area contributed by atoms with Gasteiger partial charge in [-0.25, -0.2) is 0 Å². The highest BCUT2D eigenvalue weighted by Crippen LogP contribution is 2.20. The molecule has 3 N–H and O–H groups in total. The lowest BCUT2D eigenvalue weighted by Crippen LogP contribution is -2.53. The second kappa shape index (κ2) is 6.39. The van der Waals surface area contributed by atoms with Gasteiger partial charge < -0.3 is 10.8 Å². The largest absolute Gasteiger partial charge is 0.401 e. The Bertz CT molecular complexity index is 276. The van der Waals surface area contributed by atoms with Crippen LogP contribution in [-0.4, -0.2) is 72.0 Å². The summed E-state index contributed by atoms with van der Waals surface area (Å²) in [7, 11) is 0. The van der Waals surface area contributed by atoms with Crippen molar-refractivity contribution in [2.24, 2.45) is 5.73 Å². The van der Waals surface area contributed by atoms with E-state index in [0.717, 1.165) is 0 Å². The van der Waals surface area contributed by atoms with Crippen LogP contribution in [0.2, 0.25) is 0 Å². The summed E-state index contributed by atoms with van der Waals surface area (Å²) in [5.41, 5.74) is 4.56. The third kappa shape index (κ3) is 6.07. The molecule has 1 saturated heterocycles. The molecular weight excluding hydrogens is 259 g/mol. The van der Waals surface area contributed by atoms with Crippen LogP contribution >= 0.6 is 0 Å². The van der Waals surface area contributed by atoms with Crippen LogP contribution in [0, 0.1) is 0 Å². The molecule has 0 bridgehead atoms.